The Bertz CT molecular complexity index is 525. The summed E-state index contributed by atoms with van der Waals surface area (Å²) < 4.78 is 7.67. The van der Waals surface area contributed by atoms with Crippen LogP contribution in [0, 0.1) is 13.8 Å². The van der Waals surface area contributed by atoms with Crippen LogP contribution in [-0.4, -0.2) is 14.8 Å². The van der Waals surface area contributed by atoms with Crippen LogP contribution in [0.2, 0.25) is 0 Å². The molecule has 96 valence electrons. The van der Waals surface area contributed by atoms with Gasteiger partial charge in [0.15, 0.2) is 5.82 Å². The van der Waals surface area contributed by atoms with Crippen LogP contribution < -0.4 is 10.5 Å². The molecular weight excluding hydrogens is 228 g/mol. The molecule has 0 radical (unpaired) electrons. The second-order valence-corrected chi connectivity index (χ2v) is 4.41. The Morgan fingerprint density at radius 2 is 1.94 bits per heavy atom. The lowest BCUT2D eigenvalue weighted by atomic mass is 10.1. The van der Waals surface area contributed by atoms with Crippen molar-refractivity contribution >= 4 is 0 Å². The Hall–Kier alpha value is -1.88. The number of nitrogens with two attached hydrogens (primary N) is 1. The first-order valence-corrected chi connectivity index (χ1v) is 5.87. The van der Waals surface area contributed by atoms with Gasteiger partial charge >= 0.3 is 0 Å². The molecule has 1 aromatic carbocycles. The van der Waals surface area contributed by atoms with Gasteiger partial charge in [0.05, 0.1) is 0 Å². The fourth-order valence-corrected chi connectivity index (χ4v) is 1.96. The average Bonchev–Trinajstić information content (AvgIpc) is 2.73. The topological polar surface area (TPSA) is 66.0 Å². The van der Waals surface area contributed by atoms with Crippen molar-refractivity contribution in [3.63, 3.8) is 0 Å². The summed E-state index contributed by atoms with van der Waals surface area (Å²) >= 11 is 0. The van der Waals surface area contributed by atoms with Gasteiger partial charge in [-0.15, -0.1) is 10.2 Å². The number of benzene rings is 1. The van der Waals surface area contributed by atoms with E-state index < -0.39 is 0 Å². The number of ether oxygens (including phenoxy) is 1. The van der Waals surface area contributed by atoms with Crippen molar-refractivity contribution in [2.24, 2.45) is 12.8 Å². The van der Waals surface area contributed by atoms with Crippen LogP contribution in [0.3, 0.4) is 0 Å². The van der Waals surface area contributed by atoms with E-state index >= 15 is 0 Å². The number of aryl methyl sites for hydroxylation is 3. The van der Waals surface area contributed by atoms with E-state index in [4.69, 9.17) is 10.5 Å². The summed E-state index contributed by atoms with van der Waals surface area (Å²) in [6.45, 7) is 5.02. The highest BCUT2D eigenvalue weighted by Gasteiger charge is 2.08. The first-order chi connectivity index (χ1) is 8.61. The van der Waals surface area contributed by atoms with E-state index in [1.54, 1.807) is 6.33 Å². The van der Waals surface area contributed by atoms with Crippen molar-refractivity contribution in [1.82, 2.24) is 14.8 Å². The fraction of sp³-hybridized carbons (Fsp3) is 0.385. The average molecular weight is 246 g/mol. The monoisotopic (exact) mass is 246 g/mol. The number of hydrogen-bond acceptors (Lipinski definition) is 4. The molecule has 18 heavy (non-hydrogen) atoms. The van der Waals surface area contributed by atoms with Crippen LogP contribution >= 0.6 is 0 Å². The molecule has 1 aromatic heterocycles. The fourth-order valence-electron chi connectivity index (χ4n) is 1.96. The van der Waals surface area contributed by atoms with Crippen molar-refractivity contribution in [3.8, 4) is 5.75 Å². The van der Waals surface area contributed by atoms with Gasteiger partial charge in [-0.25, -0.2) is 0 Å². The van der Waals surface area contributed by atoms with Gasteiger partial charge in [0, 0.05) is 13.6 Å². The van der Waals surface area contributed by atoms with Gasteiger partial charge in [0.2, 0.25) is 0 Å². The molecule has 0 bridgehead atoms. The maximum absolute atomic E-state index is 5.83. The Morgan fingerprint density at radius 3 is 2.44 bits per heavy atom. The molecular formula is C13H18N4O. The molecule has 0 amide bonds. The summed E-state index contributed by atoms with van der Waals surface area (Å²) in [5, 5.41) is 7.81. The van der Waals surface area contributed by atoms with Crippen LogP contribution in [0.25, 0.3) is 0 Å². The summed E-state index contributed by atoms with van der Waals surface area (Å²) in [6.07, 6.45) is 1.66. The molecule has 0 atom stereocenters. The lowest BCUT2D eigenvalue weighted by molar-refractivity contribution is 0.287. The van der Waals surface area contributed by atoms with Gasteiger partial charge in [0.1, 0.15) is 18.7 Å². The van der Waals surface area contributed by atoms with Crippen molar-refractivity contribution in [1.29, 1.82) is 0 Å². The summed E-state index contributed by atoms with van der Waals surface area (Å²) in [5.74, 6) is 1.70. The number of aromatic nitrogens is 3. The van der Waals surface area contributed by atoms with Crippen molar-refractivity contribution in [2.75, 3.05) is 0 Å². The smallest absolute Gasteiger partial charge is 0.170 e. The van der Waals surface area contributed by atoms with Crippen LogP contribution in [0.15, 0.2) is 18.5 Å². The molecule has 0 fully saturated rings. The lowest BCUT2D eigenvalue weighted by Crippen LogP contribution is -2.06. The van der Waals surface area contributed by atoms with E-state index in [9.17, 15) is 0 Å². The number of hydrogen-bond donors (Lipinski definition) is 1. The molecule has 0 aliphatic rings. The largest absolute Gasteiger partial charge is 0.485 e. The summed E-state index contributed by atoms with van der Waals surface area (Å²) in [4.78, 5) is 0. The van der Waals surface area contributed by atoms with Gasteiger partial charge in [-0.05, 0) is 30.5 Å². The van der Waals surface area contributed by atoms with Crippen molar-refractivity contribution in [2.45, 2.75) is 27.0 Å². The zero-order valence-electron chi connectivity index (χ0n) is 11.0. The molecule has 0 saturated carbocycles. The molecule has 2 rings (SSSR count). The Balaban J connectivity index is 2.17. The molecule has 0 spiro atoms. The zero-order valence-corrected chi connectivity index (χ0v) is 11.0. The molecule has 5 nitrogen and oxygen atoms in total. The molecule has 0 aliphatic heterocycles. The molecule has 0 unspecified atom stereocenters. The van der Waals surface area contributed by atoms with Gasteiger partial charge in [-0.3, -0.25) is 0 Å². The third kappa shape index (κ3) is 2.51. The highest BCUT2D eigenvalue weighted by molar-refractivity contribution is 5.43. The summed E-state index contributed by atoms with van der Waals surface area (Å²) in [7, 11) is 1.90. The highest BCUT2D eigenvalue weighted by Crippen LogP contribution is 2.25. The molecule has 0 aliphatic carbocycles. The van der Waals surface area contributed by atoms with Crippen molar-refractivity contribution < 1.29 is 4.74 Å². The molecule has 2 N–H and O–H groups in total. The molecule has 2 aromatic rings. The Labute approximate surface area is 107 Å². The zero-order chi connectivity index (χ0) is 13.1. The maximum atomic E-state index is 5.83. The van der Waals surface area contributed by atoms with Crippen LogP contribution in [0.5, 0.6) is 5.75 Å². The third-order valence-electron chi connectivity index (χ3n) is 2.91. The molecule has 1 heterocycles. The van der Waals surface area contributed by atoms with E-state index in [2.05, 4.69) is 22.3 Å². The normalized spacial score (nSPS) is 10.7. The summed E-state index contributed by atoms with van der Waals surface area (Å²) in [6, 6.07) is 4.11. The Kier molecular flexibility index (Phi) is 3.62. The Morgan fingerprint density at radius 1 is 1.28 bits per heavy atom. The van der Waals surface area contributed by atoms with E-state index in [1.807, 2.05) is 25.5 Å². The van der Waals surface area contributed by atoms with E-state index in [-0.39, 0.29) is 0 Å². The minimum atomic E-state index is 0.417. The minimum Gasteiger partial charge on any atom is -0.485 e. The van der Waals surface area contributed by atoms with E-state index in [0.29, 0.717) is 13.2 Å². The first kappa shape index (κ1) is 12.6. The first-order valence-electron chi connectivity index (χ1n) is 5.87. The summed E-state index contributed by atoms with van der Waals surface area (Å²) in [5.41, 5.74) is 8.96. The SMILES string of the molecule is Cc1cc(CN)cc(C)c1OCc1nncn1C. The predicted molar refractivity (Wildman–Crippen MR) is 69.1 cm³/mol. The number of nitrogens with zero attached hydrogens (tertiary/aromatic N) is 3. The second kappa shape index (κ2) is 5.18. The highest BCUT2D eigenvalue weighted by atomic mass is 16.5. The minimum absolute atomic E-state index is 0.417. The second-order valence-electron chi connectivity index (χ2n) is 4.41. The number of rotatable bonds is 4. The standard InChI is InChI=1S/C13H18N4O/c1-9-4-11(6-14)5-10(2)13(9)18-7-12-16-15-8-17(12)3/h4-5,8H,6-7,14H2,1-3H3. The van der Waals surface area contributed by atoms with Crippen LogP contribution in [0.1, 0.15) is 22.5 Å². The molecule has 5 heteroatoms. The molecule has 0 saturated heterocycles. The predicted octanol–water partition coefficient (Wildman–Crippen LogP) is 1.47. The van der Waals surface area contributed by atoms with Gasteiger partial charge in [0.25, 0.3) is 0 Å². The lowest BCUT2D eigenvalue weighted by Gasteiger charge is -2.13. The van der Waals surface area contributed by atoms with Gasteiger partial charge in [-0.2, -0.15) is 0 Å². The third-order valence-corrected chi connectivity index (χ3v) is 2.91. The van der Waals surface area contributed by atoms with Crippen LogP contribution in [-0.2, 0) is 20.2 Å². The maximum Gasteiger partial charge on any atom is 0.170 e. The quantitative estimate of drug-likeness (QED) is 0.887. The van der Waals surface area contributed by atoms with Gasteiger partial charge < -0.3 is 15.0 Å². The van der Waals surface area contributed by atoms with Crippen molar-refractivity contribution in [3.05, 3.63) is 41.0 Å². The van der Waals surface area contributed by atoms with Crippen LogP contribution in [0.4, 0.5) is 0 Å². The van der Waals surface area contributed by atoms with Gasteiger partial charge in [-0.1, -0.05) is 12.1 Å². The van der Waals surface area contributed by atoms with E-state index in [1.165, 1.54) is 0 Å². The van der Waals surface area contributed by atoms with E-state index in [0.717, 1.165) is 28.3 Å².